The Morgan fingerprint density at radius 2 is 1.67 bits per heavy atom. The van der Waals surface area contributed by atoms with Crippen molar-refractivity contribution in [3.63, 3.8) is 0 Å². The fraction of sp³-hybridized carbons (Fsp3) is 0.263. The van der Waals surface area contributed by atoms with Crippen molar-refractivity contribution < 1.29 is 4.74 Å². The van der Waals surface area contributed by atoms with Crippen molar-refractivity contribution in [3.8, 4) is 11.4 Å². The molecule has 1 heterocycles. The third-order valence-corrected chi connectivity index (χ3v) is 4.86. The first-order valence-electron chi connectivity index (χ1n) is 7.84. The van der Waals surface area contributed by atoms with Gasteiger partial charge in [0.2, 0.25) is 0 Å². The second-order valence-corrected chi connectivity index (χ2v) is 6.75. The van der Waals surface area contributed by atoms with E-state index >= 15 is 0 Å². The van der Waals surface area contributed by atoms with E-state index in [1.807, 2.05) is 13.0 Å². The van der Waals surface area contributed by atoms with Gasteiger partial charge in [-0.1, -0.05) is 47.2 Å². The summed E-state index contributed by atoms with van der Waals surface area (Å²) in [7, 11) is 1.71. The van der Waals surface area contributed by atoms with Crippen LogP contribution in [0.15, 0.2) is 47.6 Å². The van der Waals surface area contributed by atoms with E-state index in [4.69, 9.17) is 4.74 Å². The lowest BCUT2D eigenvalue weighted by molar-refractivity contribution is 0.411. The highest BCUT2D eigenvalue weighted by Crippen LogP contribution is 2.29. The molecule has 0 atom stereocenters. The molecule has 0 unspecified atom stereocenters. The van der Waals surface area contributed by atoms with Gasteiger partial charge in [-0.15, -0.1) is 10.2 Å². The number of aryl methyl sites for hydroxylation is 3. The zero-order chi connectivity index (χ0) is 17.1. The summed E-state index contributed by atoms with van der Waals surface area (Å²) in [6.07, 6.45) is 0. The van der Waals surface area contributed by atoms with E-state index < -0.39 is 0 Å². The minimum atomic E-state index is 0.787. The van der Waals surface area contributed by atoms with E-state index in [1.54, 1.807) is 18.9 Å². The van der Waals surface area contributed by atoms with Crippen molar-refractivity contribution in [3.05, 3.63) is 65.0 Å². The van der Waals surface area contributed by atoms with Crippen molar-refractivity contribution in [1.82, 2.24) is 14.8 Å². The molecule has 24 heavy (non-hydrogen) atoms. The number of benzene rings is 2. The van der Waals surface area contributed by atoms with Gasteiger partial charge in [-0.05, 0) is 39.0 Å². The first kappa shape index (κ1) is 16.6. The van der Waals surface area contributed by atoms with Gasteiger partial charge in [-0.25, -0.2) is 0 Å². The Morgan fingerprint density at radius 3 is 2.38 bits per heavy atom. The molecule has 0 amide bonds. The summed E-state index contributed by atoms with van der Waals surface area (Å²) in [5, 5.41) is 9.48. The smallest absolute Gasteiger partial charge is 0.196 e. The Bertz CT molecular complexity index is 840. The second-order valence-electron chi connectivity index (χ2n) is 5.80. The summed E-state index contributed by atoms with van der Waals surface area (Å²) in [5.74, 6) is 2.58. The molecule has 4 nitrogen and oxygen atoms in total. The van der Waals surface area contributed by atoms with Crippen LogP contribution in [-0.4, -0.2) is 21.9 Å². The van der Waals surface area contributed by atoms with Crippen molar-refractivity contribution in [2.45, 2.75) is 31.7 Å². The van der Waals surface area contributed by atoms with Gasteiger partial charge >= 0.3 is 0 Å². The van der Waals surface area contributed by atoms with Gasteiger partial charge in [0, 0.05) is 17.0 Å². The van der Waals surface area contributed by atoms with Gasteiger partial charge < -0.3 is 4.74 Å². The minimum Gasteiger partial charge on any atom is -0.496 e. The standard InChI is InChI=1S/C19H21N3OS/c1-13-5-8-17(9-6-13)22-15(3)20-21-19(22)24-12-16-11-14(2)7-10-18(16)23-4/h5-11H,12H2,1-4H3. The van der Waals surface area contributed by atoms with Crippen LogP contribution in [0.4, 0.5) is 0 Å². The fourth-order valence-electron chi connectivity index (χ4n) is 2.59. The normalized spacial score (nSPS) is 10.8. The van der Waals surface area contributed by atoms with E-state index in [0.29, 0.717) is 0 Å². The number of nitrogens with zero attached hydrogens (tertiary/aromatic N) is 3. The van der Waals surface area contributed by atoms with Crippen LogP contribution < -0.4 is 4.74 Å². The molecule has 0 aliphatic heterocycles. The van der Waals surface area contributed by atoms with Crippen LogP contribution in [0.25, 0.3) is 5.69 Å². The lowest BCUT2D eigenvalue weighted by atomic mass is 10.1. The van der Waals surface area contributed by atoms with Gasteiger partial charge in [-0.2, -0.15) is 0 Å². The Kier molecular flexibility index (Phi) is 4.90. The number of aromatic nitrogens is 3. The molecule has 3 aromatic rings. The highest BCUT2D eigenvalue weighted by Gasteiger charge is 2.13. The maximum absolute atomic E-state index is 5.47. The maximum Gasteiger partial charge on any atom is 0.196 e. The van der Waals surface area contributed by atoms with Crippen LogP contribution in [0.5, 0.6) is 5.75 Å². The molecule has 0 N–H and O–H groups in total. The molecule has 2 aromatic carbocycles. The minimum absolute atomic E-state index is 0.787. The van der Waals surface area contributed by atoms with Crippen LogP contribution >= 0.6 is 11.8 Å². The summed E-state index contributed by atoms with van der Waals surface area (Å²) in [6, 6.07) is 14.6. The highest BCUT2D eigenvalue weighted by molar-refractivity contribution is 7.98. The monoisotopic (exact) mass is 339 g/mol. The van der Waals surface area contributed by atoms with E-state index in [2.05, 4.69) is 65.0 Å². The second kappa shape index (κ2) is 7.09. The van der Waals surface area contributed by atoms with Crippen molar-refractivity contribution in [1.29, 1.82) is 0 Å². The van der Waals surface area contributed by atoms with Crippen molar-refractivity contribution in [2.24, 2.45) is 0 Å². The Morgan fingerprint density at radius 1 is 0.958 bits per heavy atom. The zero-order valence-electron chi connectivity index (χ0n) is 14.4. The van der Waals surface area contributed by atoms with Crippen LogP contribution in [0.2, 0.25) is 0 Å². The lowest BCUT2D eigenvalue weighted by Gasteiger charge is -2.11. The maximum atomic E-state index is 5.47. The third kappa shape index (κ3) is 3.46. The van der Waals surface area contributed by atoms with Crippen LogP contribution in [0.3, 0.4) is 0 Å². The summed E-state index contributed by atoms with van der Waals surface area (Å²) in [4.78, 5) is 0. The molecule has 5 heteroatoms. The predicted molar refractivity (Wildman–Crippen MR) is 98.1 cm³/mol. The number of rotatable bonds is 5. The lowest BCUT2D eigenvalue weighted by Crippen LogP contribution is -1.99. The van der Waals surface area contributed by atoms with E-state index in [9.17, 15) is 0 Å². The van der Waals surface area contributed by atoms with Crippen molar-refractivity contribution in [2.75, 3.05) is 7.11 Å². The molecule has 0 aliphatic rings. The average Bonchev–Trinajstić information content (AvgIpc) is 2.94. The summed E-state index contributed by atoms with van der Waals surface area (Å²) in [5.41, 5.74) is 4.71. The molecule has 0 saturated heterocycles. The topological polar surface area (TPSA) is 39.9 Å². The molecule has 0 fully saturated rings. The number of thioether (sulfide) groups is 1. The van der Waals surface area contributed by atoms with Crippen molar-refractivity contribution >= 4 is 11.8 Å². The van der Waals surface area contributed by atoms with Gasteiger partial charge in [0.1, 0.15) is 11.6 Å². The van der Waals surface area contributed by atoms with E-state index in [0.717, 1.165) is 28.2 Å². The largest absolute Gasteiger partial charge is 0.496 e. The Balaban J connectivity index is 1.87. The third-order valence-electron chi connectivity index (χ3n) is 3.88. The van der Waals surface area contributed by atoms with Gasteiger partial charge in [0.15, 0.2) is 5.16 Å². The quantitative estimate of drug-likeness (QED) is 0.642. The summed E-state index contributed by atoms with van der Waals surface area (Å²) >= 11 is 1.67. The van der Waals surface area contributed by atoms with Gasteiger partial charge in [-0.3, -0.25) is 4.57 Å². The molecule has 0 radical (unpaired) electrons. The number of methoxy groups -OCH3 is 1. The molecule has 0 saturated carbocycles. The molecule has 0 spiro atoms. The Hall–Kier alpha value is -2.27. The number of ether oxygens (including phenoxy) is 1. The summed E-state index contributed by atoms with van der Waals surface area (Å²) < 4.78 is 7.56. The predicted octanol–water partition coefficient (Wildman–Crippen LogP) is 4.49. The van der Waals surface area contributed by atoms with Crippen LogP contribution in [0, 0.1) is 20.8 Å². The fourth-order valence-corrected chi connectivity index (χ4v) is 3.57. The molecule has 0 bridgehead atoms. The van der Waals surface area contributed by atoms with E-state index in [1.165, 1.54) is 16.7 Å². The SMILES string of the molecule is COc1ccc(C)cc1CSc1nnc(C)n1-c1ccc(C)cc1. The first-order chi connectivity index (χ1) is 11.6. The molecule has 124 valence electrons. The zero-order valence-corrected chi connectivity index (χ0v) is 15.2. The highest BCUT2D eigenvalue weighted by atomic mass is 32.2. The van der Waals surface area contributed by atoms with Gasteiger partial charge in [0.25, 0.3) is 0 Å². The first-order valence-corrected chi connectivity index (χ1v) is 8.82. The molecule has 0 aliphatic carbocycles. The van der Waals surface area contributed by atoms with Crippen LogP contribution in [0.1, 0.15) is 22.5 Å². The molecular formula is C19H21N3OS. The van der Waals surface area contributed by atoms with E-state index in [-0.39, 0.29) is 0 Å². The van der Waals surface area contributed by atoms with Crippen LogP contribution in [-0.2, 0) is 5.75 Å². The van der Waals surface area contributed by atoms with Gasteiger partial charge in [0.05, 0.1) is 7.11 Å². The number of hydrogen-bond donors (Lipinski definition) is 0. The number of hydrogen-bond acceptors (Lipinski definition) is 4. The Labute approximate surface area is 146 Å². The molecular weight excluding hydrogens is 318 g/mol. The molecule has 3 rings (SSSR count). The summed E-state index contributed by atoms with van der Waals surface area (Å²) in [6.45, 7) is 6.15. The molecule has 1 aromatic heterocycles. The average molecular weight is 339 g/mol.